The van der Waals surface area contributed by atoms with E-state index in [1.165, 1.54) is 18.2 Å². The molecule has 1 aliphatic heterocycles. The first kappa shape index (κ1) is 23.9. The average molecular weight is 498 g/mol. The maximum Gasteiger partial charge on any atom is 0.417 e. The van der Waals surface area contributed by atoms with Crippen molar-refractivity contribution in [2.24, 2.45) is 0 Å². The number of aromatic nitrogens is 2. The molecule has 6 nitrogen and oxygen atoms in total. The van der Waals surface area contributed by atoms with E-state index in [1.54, 1.807) is 10.6 Å². The molecule has 1 atom stereocenters. The summed E-state index contributed by atoms with van der Waals surface area (Å²) in [7, 11) is 1.88. The third-order valence-electron chi connectivity index (χ3n) is 5.61. The lowest BCUT2D eigenvalue weighted by molar-refractivity contribution is -0.137. The van der Waals surface area contributed by atoms with Crippen molar-refractivity contribution in [3.05, 3.63) is 74.9 Å². The molecule has 0 N–H and O–H groups in total. The van der Waals surface area contributed by atoms with E-state index >= 15 is 0 Å². The number of fused-ring (bicyclic) bond motifs is 1. The summed E-state index contributed by atoms with van der Waals surface area (Å²) in [4.78, 5) is 18.2. The Morgan fingerprint density at radius 3 is 2.65 bits per heavy atom. The van der Waals surface area contributed by atoms with Gasteiger partial charge in [0.15, 0.2) is 11.6 Å². The molecule has 1 aromatic heterocycles. The minimum atomic E-state index is -4.67. The summed E-state index contributed by atoms with van der Waals surface area (Å²) < 4.78 is 66.1. The molecule has 0 fully saturated rings. The maximum atomic E-state index is 14.6. The van der Waals surface area contributed by atoms with Gasteiger partial charge >= 0.3 is 11.9 Å². The van der Waals surface area contributed by atoms with Crippen molar-refractivity contribution >= 4 is 17.4 Å². The zero-order valence-electron chi connectivity index (χ0n) is 18.2. The molecule has 0 aliphatic carbocycles. The van der Waals surface area contributed by atoms with Gasteiger partial charge in [0.1, 0.15) is 18.2 Å². The van der Waals surface area contributed by atoms with E-state index in [9.17, 15) is 22.4 Å². The summed E-state index contributed by atoms with van der Waals surface area (Å²) in [5.74, 6) is -0.475. The van der Waals surface area contributed by atoms with Crippen LogP contribution >= 0.6 is 11.6 Å². The Kier molecular flexibility index (Phi) is 6.44. The highest BCUT2D eigenvalue weighted by atomic mass is 35.5. The van der Waals surface area contributed by atoms with Crippen LogP contribution in [0.25, 0.3) is 0 Å². The smallest absolute Gasteiger partial charge is 0.417 e. The molecule has 180 valence electrons. The third-order valence-corrected chi connectivity index (χ3v) is 5.94. The number of anilines is 1. The van der Waals surface area contributed by atoms with Crippen molar-refractivity contribution in [2.45, 2.75) is 38.7 Å². The van der Waals surface area contributed by atoms with E-state index in [0.29, 0.717) is 24.0 Å². The predicted octanol–water partition coefficient (Wildman–Crippen LogP) is 5.65. The molecule has 1 aliphatic rings. The van der Waals surface area contributed by atoms with Crippen LogP contribution in [0.15, 0.2) is 47.3 Å². The molecule has 11 heteroatoms. The summed E-state index contributed by atoms with van der Waals surface area (Å²) in [5, 5.41) is -0.483. The lowest BCUT2D eigenvalue weighted by Crippen LogP contribution is -2.41. The first-order valence-corrected chi connectivity index (χ1v) is 10.7. The summed E-state index contributed by atoms with van der Waals surface area (Å²) in [5.41, 5.74) is -1.09. The molecule has 0 saturated carbocycles. The number of nitrogens with zero attached hydrogens (tertiary/aromatic N) is 3. The van der Waals surface area contributed by atoms with Gasteiger partial charge in [0.2, 0.25) is 5.88 Å². The number of halogens is 5. The fourth-order valence-corrected chi connectivity index (χ4v) is 3.80. The van der Waals surface area contributed by atoms with Gasteiger partial charge in [-0.15, -0.1) is 0 Å². The van der Waals surface area contributed by atoms with Crippen molar-refractivity contribution in [3.8, 4) is 17.4 Å². The van der Waals surface area contributed by atoms with Crippen LogP contribution in [-0.2, 0) is 19.3 Å². The van der Waals surface area contributed by atoms with Crippen LogP contribution < -0.4 is 20.1 Å². The van der Waals surface area contributed by atoms with Gasteiger partial charge in [0.05, 0.1) is 10.6 Å². The number of rotatable bonds is 5. The molecular weight excluding hydrogens is 478 g/mol. The van der Waals surface area contributed by atoms with Crippen LogP contribution in [0, 0.1) is 5.82 Å². The SMILES string of the molecule is C[C@@H]1CCn2c(cc(OCc3ccc(Oc4ccc(Cl)c(C(F)(F)F)c4)c(F)c3)nc2=O)N1C. The minimum Gasteiger partial charge on any atom is -0.473 e. The lowest BCUT2D eigenvalue weighted by Gasteiger charge is -2.34. The molecule has 3 aromatic rings. The van der Waals surface area contributed by atoms with E-state index < -0.39 is 28.3 Å². The molecule has 0 radical (unpaired) electrons. The Morgan fingerprint density at radius 1 is 1.18 bits per heavy atom. The van der Waals surface area contributed by atoms with E-state index in [2.05, 4.69) is 11.9 Å². The molecule has 0 saturated heterocycles. The van der Waals surface area contributed by atoms with Gasteiger partial charge in [0, 0.05) is 25.7 Å². The van der Waals surface area contributed by atoms with Crippen LogP contribution in [0.4, 0.5) is 23.4 Å². The van der Waals surface area contributed by atoms with Gasteiger partial charge in [-0.05, 0) is 49.2 Å². The maximum absolute atomic E-state index is 14.6. The first-order chi connectivity index (χ1) is 16.0. The summed E-state index contributed by atoms with van der Waals surface area (Å²) in [6, 6.07) is 8.77. The Morgan fingerprint density at radius 2 is 1.94 bits per heavy atom. The molecule has 0 unspecified atom stereocenters. The second-order valence-electron chi connectivity index (χ2n) is 7.93. The van der Waals surface area contributed by atoms with Crippen LogP contribution in [0.1, 0.15) is 24.5 Å². The van der Waals surface area contributed by atoms with E-state index in [4.69, 9.17) is 21.1 Å². The number of hydrogen-bond acceptors (Lipinski definition) is 5. The highest BCUT2D eigenvalue weighted by molar-refractivity contribution is 6.31. The quantitative estimate of drug-likeness (QED) is 0.426. The molecular formula is C23H20ClF4N3O3. The van der Waals surface area contributed by atoms with Crippen LogP contribution in [-0.4, -0.2) is 22.6 Å². The Labute approximate surface area is 197 Å². The van der Waals surface area contributed by atoms with Gasteiger partial charge in [-0.1, -0.05) is 17.7 Å². The topological polar surface area (TPSA) is 56.6 Å². The van der Waals surface area contributed by atoms with Crippen molar-refractivity contribution in [2.75, 3.05) is 11.9 Å². The molecule has 34 heavy (non-hydrogen) atoms. The predicted molar refractivity (Wildman–Crippen MR) is 118 cm³/mol. The summed E-state index contributed by atoms with van der Waals surface area (Å²) in [6.07, 6.45) is -3.84. The zero-order valence-corrected chi connectivity index (χ0v) is 19.0. The molecule has 4 rings (SSSR count). The van der Waals surface area contributed by atoms with Crippen LogP contribution in [0.2, 0.25) is 5.02 Å². The van der Waals surface area contributed by atoms with Gasteiger partial charge < -0.3 is 14.4 Å². The lowest BCUT2D eigenvalue weighted by atomic mass is 10.1. The van der Waals surface area contributed by atoms with Gasteiger partial charge in [-0.2, -0.15) is 18.2 Å². The molecule has 0 amide bonds. The molecule has 0 bridgehead atoms. The summed E-state index contributed by atoms with van der Waals surface area (Å²) in [6.45, 7) is 2.54. The van der Waals surface area contributed by atoms with Gasteiger partial charge in [-0.3, -0.25) is 4.57 Å². The van der Waals surface area contributed by atoms with E-state index in [0.717, 1.165) is 18.6 Å². The Hall–Kier alpha value is -3.27. The van der Waals surface area contributed by atoms with Gasteiger partial charge in [0.25, 0.3) is 0 Å². The molecule has 2 aromatic carbocycles. The van der Waals surface area contributed by atoms with Gasteiger partial charge in [-0.25, -0.2) is 9.18 Å². The van der Waals surface area contributed by atoms with Crippen LogP contribution in [0.3, 0.4) is 0 Å². The van der Waals surface area contributed by atoms with Crippen molar-refractivity contribution in [1.82, 2.24) is 9.55 Å². The number of hydrogen-bond donors (Lipinski definition) is 0. The van der Waals surface area contributed by atoms with E-state index in [-0.39, 0.29) is 30.0 Å². The minimum absolute atomic E-state index is 0.0778. The van der Waals surface area contributed by atoms with Crippen molar-refractivity contribution < 1.29 is 27.0 Å². The number of ether oxygens (including phenoxy) is 2. The van der Waals surface area contributed by atoms with E-state index in [1.807, 2.05) is 11.9 Å². The Balaban J connectivity index is 1.48. The summed E-state index contributed by atoms with van der Waals surface area (Å²) >= 11 is 5.59. The monoisotopic (exact) mass is 497 g/mol. The third kappa shape index (κ3) is 4.96. The second kappa shape index (κ2) is 9.17. The standard InChI is InChI=1S/C23H20ClF4N3O3/c1-13-7-8-31-21(30(13)2)11-20(29-22(31)32)33-12-14-3-6-19(18(25)9-14)34-15-4-5-17(24)16(10-15)23(26,27)28/h3-6,9-11,13H,7-8,12H2,1-2H3/t13-/m1/s1. The fourth-order valence-electron chi connectivity index (χ4n) is 3.57. The molecule has 2 heterocycles. The Bertz CT molecular complexity index is 1280. The highest BCUT2D eigenvalue weighted by Crippen LogP contribution is 2.38. The number of benzene rings is 2. The second-order valence-corrected chi connectivity index (χ2v) is 8.34. The zero-order chi connectivity index (χ0) is 24.6. The van der Waals surface area contributed by atoms with Crippen LogP contribution in [0.5, 0.6) is 17.4 Å². The first-order valence-electron chi connectivity index (χ1n) is 10.3. The molecule has 0 spiro atoms. The highest BCUT2D eigenvalue weighted by Gasteiger charge is 2.33. The normalized spacial score (nSPS) is 15.7. The van der Waals surface area contributed by atoms with Crippen molar-refractivity contribution in [3.63, 3.8) is 0 Å². The largest absolute Gasteiger partial charge is 0.473 e. The number of alkyl halides is 3. The van der Waals surface area contributed by atoms with Crippen molar-refractivity contribution in [1.29, 1.82) is 0 Å². The fraction of sp³-hybridized carbons (Fsp3) is 0.304. The average Bonchev–Trinajstić information content (AvgIpc) is 2.77.